The maximum atomic E-state index is 11.6. The van der Waals surface area contributed by atoms with Gasteiger partial charge in [0.2, 0.25) is 0 Å². The molecule has 18 heavy (non-hydrogen) atoms. The molecule has 2 heteroatoms. The zero-order valence-electron chi connectivity index (χ0n) is 10.6. The van der Waals surface area contributed by atoms with Crippen LogP contribution in [0.2, 0.25) is 0 Å². The summed E-state index contributed by atoms with van der Waals surface area (Å²) in [4.78, 5) is 13.6. The van der Waals surface area contributed by atoms with Crippen molar-refractivity contribution in [1.82, 2.24) is 4.90 Å². The van der Waals surface area contributed by atoms with Gasteiger partial charge in [0.05, 0.1) is 0 Å². The zero-order valence-corrected chi connectivity index (χ0v) is 10.6. The van der Waals surface area contributed by atoms with Gasteiger partial charge < -0.3 is 4.90 Å². The molecule has 2 rings (SSSR count). The number of hydrogen-bond donors (Lipinski definition) is 0. The molecule has 1 aliphatic rings. The topological polar surface area (TPSA) is 20.3 Å². The first kappa shape index (κ1) is 12.4. The maximum Gasteiger partial charge on any atom is 0.162 e. The summed E-state index contributed by atoms with van der Waals surface area (Å²) in [6.07, 6.45) is 6.18. The second-order valence-electron chi connectivity index (χ2n) is 4.30. The normalized spacial score (nSPS) is 14.6. The molecule has 0 atom stereocenters. The van der Waals surface area contributed by atoms with Crippen LogP contribution in [0.3, 0.4) is 0 Å². The molecule has 0 aliphatic carbocycles. The third-order valence-electron chi connectivity index (χ3n) is 2.96. The van der Waals surface area contributed by atoms with Crippen LogP contribution in [-0.2, 0) is 11.3 Å². The first-order chi connectivity index (χ1) is 8.70. The van der Waals surface area contributed by atoms with E-state index in [0.717, 1.165) is 17.8 Å². The van der Waals surface area contributed by atoms with E-state index in [0.29, 0.717) is 6.42 Å². The fourth-order valence-corrected chi connectivity index (χ4v) is 1.89. The third kappa shape index (κ3) is 2.77. The Kier molecular flexibility index (Phi) is 3.78. The highest BCUT2D eigenvalue weighted by Gasteiger charge is 2.12. The Bertz CT molecular complexity index is 511. The van der Waals surface area contributed by atoms with E-state index in [1.165, 1.54) is 5.56 Å². The molecule has 2 nitrogen and oxygen atoms in total. The van der Waals surface area contributed by atoms with E-state index in [1.54, 1.807) is 0 Å². The monoisotopic (exact) mass is 239 g/mol. The van der Waals surface area contributed by atoms with Crippen LogP contribution in [-0.4, -0.2) is 10.7 Å². The van der Waals surface area contributed by atoms with E-state index in [2.05, 4.69) is 18.7 Å². The fourth-order valence-electron chi connectivity index (χ4n) is 1.89. The minimum absolute atomic E-state index is 0.159. The first-order valence-electron chi connectivity index (χ1n) is 6.13. The van der Waals surface area contributed by atoms with E-state index in [9.17, 15) is 4.79 Å². The SMILES string of the molecule is C=C1C=C(C(=O)CC)C=CN1Cc1ccccc1. The van der Waals surface area contributed by atoms with Crippen molar-refractivity contribution in [3.63, 3.8) is 0 Å². The van der Waals surface area contributed by atoms with Crippen LogP contribution in [0.4, 0.5) is 0 Å². The van der Waals surface area contributed by atoms with Gasteiger partial charge in [0.25, 0.3) is 0 Å². The Morgan fingerprint density at radius 2 is 2.00 bits per heavy atom. The molecule has 1 aliphatic heterocycles. The Balaban J connectivity index is 2.08. The van der Waals surface area contributed by atoms with Crippen molar-refractivity contribution in [2.75, 3.05) is 0 Å². The molecule has 1 heterocycles. The summed E-state index contributed by atoms with van der Waals surface area (Å²) >= 11 is 0. The van der Waals surface area contributed by atoms with Crippen LogP contribution in [0.25, 0.3) is 0 Å². The van der Waals surface area contributed by atoms with Gasteiger partial charge in [-0.15, -0.1) is 0 Å². The molecule has 0 radical (unpaired) electrons. The molecule has 1 aromatic rings. The number of Topliss-reactive ketones (excluding diaryl/α,β-unsaturated/α-hetero) is 1. The van der Waals surface area contributed by atoms with E-state index >= 15 is 0 Å². The summed E-state index contributed by atoms with van der Waals surface area (Å²) in [5.41, 5.74) is 2.83. The van der Waals surface area contributed by atoms with Gasteiger partial charge in [-0.3, -0.25) is 4.79 Å². The predicted octanol–water partition coefficient (Wildman–Crippen LogP) is 3.44. The van der Waals surface area contributed by atoms with Crippen LogP contribution >= 0.6 is 0 Å². The smallest absolute Gasteiger partial charge is 0.162 e. The minimum atomic E-state index is 0.159. The van der Waals surface area contributed by atoms with Gasteiger partial charge >= 0.3 is 0 Å². The number of carbonyl (C=O) groups excluding carboxylic acids is 1. The Labute approximate surface area is 108 Å². The van der Waals surface area contributed by atoms with Gasteiger partial charge in [-0.2, -0.15) is 0 Å². The van der Waals surface area contributed by atoms with Crippen LogP contribution < -0.4 is 0 Å². The van der Waals surface area contributed by atoms with Crippen LogP contribution in [0, 0.1) is 0 Å². The Hall–Kier alpha value is -2.09. The molecule has 0 unspecified atom stereocenters. The first-order valence-corrected chi connectivity index (χ1v) is 6.13. The number of benzene rings is 1. The number of carbonyl (C=O) groups is 1. The average molecular weight is 239 g/mol. The highest BCUT2D eigenvalue weighted by atomic mass is 16.1. The molecule has 1 aromatic carbocycles. The summed E-state index contributed by atoms with van der Waals surface area (Å²) in [6, 6.07) is 10.2. The Morgan fingerprint density at radius 1 is 1.28 bits per heavy atom. The molecule has 0 amide bonds. The number of allylic oxidation sites excluding steroid dienone is 3. The molecule has 0 N–H and O–H groups in total. The second kappa shape index (κ2) is 5.50. The fraction of sp³-hybridized carbons (Fsp3) is 0.188. The van der Waals surface area contributed by atoms with Crippen molar-refractivity contribution in [2.24, 2.45) is 0 Å². The standard InChI is InChI=1S/C16H17NO/c1-3-16(18)15-9-10-17(13(2)11-15)12-14-7-5-4-6-8-14/h4-11H,2-3,12H2,1H3. The minimum Gasteiger partial charge on any atom is -0.344 e. The molecule has 0 aromatic heterocycles. The van der Waals surface area contributed by atoms with Crippen molar-refractivity contribution >= 4 is 5.78 Å². The molecule has 0 spiro atoms. The summed E-state index contributed by atoms with van der Waals surface area (Å²) in [6.45, 7) is 6.65. The number of ketones is 1. The lowest BCUT2D eigenvalue weighted by Gasteiger charge is -2.24. The highest BCUT2D eigenvalue weighted by Crippen LogP contribution is 2.19. The molecule has 0 saturated heterocycles. The van der Waals surface area contributed by atoms with Crippen molar-refractivity contribution in [3.05, 3.63) is 72.1 Å². The molecule has 0 saturated carbocycles. The van der Waals surface area contributed by atoms with Crippen LogP contribution in [0.15, 0.2) is 66.5 Å². The number of nitrogens with zero attached hydrogens (tertiary/aromatic N) is 1. The largest absolute Gasteiger partial charge is 0.344 e. The second-order valence-corrected chi connectivity index (χ2v) is 4.30. The van der Waals surface area contributed by atoms with E-state index in [1.807, 2.05) is 48.4 Å². The van der Waals surface area contributed by atoms with Gasteiger partial charge in [-0.25, -0.2) is 0 Å². The van der Waals surface area contributed by atoms with Crippen molar-refractivity contribution < 1.29 is 4.79 Å². The highest BCUT2D eigenvalue weighted by molar-refractivity contribution is 5.98. The quantitative estimate of drug-likeness (QED) is 0.802. The molecular formula is C16H17NO. The summed E-state index contributed by atoms with van der Waals surface area (Å²) in [5.74, 6) is 0.159. The average Bonchev–Trinajstić information content (AvgIpc) is 2.41. The molecule has 92 valence electrons. The van der Waals surface area contributed by atoms with Crippen LogP contribution in [0.5, 0.6) is 0 Å². The third-order valence-corrected chi connectivity index (χ3v) is 2.96. The van der Waals surface area contributed by atoms with Crippen LogP contribution in [0.1, 0.15) is 18.9 Å². The molecule has 0 fully saturated rings. The van der Waals surface area contributed by atoms with Gasteiger partial charge in [-0.05, 0) is 17.7 Å². The summed E-state index contributed by atoms with van der Waals surface area (Å²) in [7, 11) is 0. The van der Waals surface area contributed by atoms with Crippen molar-refractivity contribution in [2.45, 2.75) is 19.9 Å². The van der Waals surface area contributed by atoms with Crippen molar-refractivity contribution in [1.29, 1.82) is 0 Å². The van der Waals surface area contributed by atoms with Gasteiger partial charge in [0, 0.05) is 30.4 Å². The van der Waals surface area contributed by atoms with E-state index in [-0.39, 0.29) is 5.78 Å². The molecule has 0 bridgehead atoms. The predicted molar refractivity (Wildman–Crippen MR) is 73.6 cm³/mol. The summed E-state index contributed by atoms with van der Waals surface area (Å²) in [5, 5.41) is 0. The maximum absolute atomic E-state index is 11.6. The Morgan fingerprint density at radius 3 is 2.61 bits per heavy atom. The van der Waals surface area contributed by atoms with Gasteiger partial charge in [0.1, 0.15) is 0 Å². The van der Waals surface area contributed by atoms with Gasteiger partial charge in [0.15, 0.2) is 5.78 Å². The lowest BCUT2D eigenvalue weighted by atomic mass is 10.1. The lowest BCUT2D eigenvalue weighted by Crippen LogP contribution is -2.18. The van der Waals surface area contributed by atoms with E-state index in [4.69, 9.17) is 0 Å². The van der Waals surface area contributed by atoms with Crippen molar-refractivity contribution in [3.8, 4) is 0 Å². The lowest BCUT2D eigenvalue weighted by molar-refractivity contribution is -0.115. The number of hydrogen-bond acceptors (Lipinski definition) is 2. The van der Waals surface area contributed by atoms with E-state index < -0.39 is 0 Å². The number of rotatable bonds is 4. The van der Waals surface area contributed by atoms with Gasteiger partial charge in [-0.1, -0.05) is 43.8 Å². The summed E-state index contributed by atoms with van der Waals surface area (Å²) < 4.78 is 0. The zero-order chi connectivity index (χ0) is 13.0. The molecular weight excluding hydrogens is 222 g/mol.